The van der Waals surface area contributed by atoms with Crippen LogP contribution in [0.4, 0.5) is 0 Å². The van der Waals surface area contributed by atoms with Crippen LogP contribution in [0.2, 0.25) is 0 Å². The topological polar surface area (TPSA) is 55.4 Å². The van der Waals surface area contributed by atoms with Crippen LogP contribution in [0.5, 0.6) is 0 Å². The van der Waals surface area contributed by atoms with Crippen LogP contribution in [-0.2, 0) is 21.0 Å². The molecule has 2 heterocycles. The number of benzene rings is 1. The Morgan fingerprint density at radius 1 is 1.35 bits per heavy atom. The summed E-state index contributed by atoms with van der Waals surface area (Å²) in [5.74, 6) is 0.246. The summed E-state index contributed by atoms with van der Waals surface area (Å²) in [6, 6.07) is 5.59. The molecule has 1 unspecified atom stereocenters. The van der Waals surface area contributed by atoms with Crippen molar-refractivity contribution in [3.8, 4) is 0 Å². The molecule has 0 spiro atoms. The molecule has 0 amide bonds. The second-order valence-electron chi connectivity index (χ2n) is 4.50. The molecule has 1 saturated heterocycles. The maximum Gasteiger partial charge on any atom is 0.178 e. The molecule has 1 aromatic rings. The van der Waals surface area contributed by atoms with Gasteiger partial charge in [0.25, 0.3) is 0 Å². The summed E-state index contributed by atoms with van der Waals surface area (Å²) in [4.78, 5) is 0.505. The van der Waals surface area contributed by atoms with Crippen molar-refractivity contribution in [2.75, 3.05) is 25.4 Å². The van der Waals surface area contributed by atoms with Gasteiger partial charge in [-0.05, 0) is 23.6 Å². The van der Waals surface area contributed by atoms with Gasteiger partial charge in [0.05, 0.1) is 23.4 Å². The van der Waals surface area contributed by atoms with Crippen molar-refractivity contribution in [3.63, 3.8) is 0 Å². The lowest BCUT2D eigenvalue weighted by atomic mass is 10.0. The summed E-state index contributed by atoms with van der Waals surface area (Å²) in [5.41, 5.74) is 2.02. The van der Waals surface area contributed by atoms with Crippen LogP contribution in [0.25, 0.3) is 0 Å². The van der Waals surface area contributed by atoms with E-state index >= 15 is 0 Å². The largest absolute Gasteiger partial charge is 0.371 e. The number of hydrogen-bond acceptors (Lipinski definition) is 4. The van der Waals surface area contributed by atoms with Gasteiger partial charge in [0.15, 0.2) is 9.84 Å². The number of ether oxygens (including phenoxy) is 1. The minimum absolute atomic E-state index is 0.0531. The first-order valence-corrected chi connectivity index (χ1v) is 7.50. The number of nitrogens with one attached hydrogen (secondary N) is 1. The Labute approximate surface area is 101 Å². The van der Waals surface area contributed by atoms with Crippen molar-refractivity contribution >= 4 is 9.84 Å². The fraction of sp³-hybridized carbons (Fsp3) is 0.500. The van der Waals surface area contributed by atoms with Gasteiger partial charge < -0.3 is 10.1 Å². The first-order chi connectivity index (χ1) is 8.17. The molecule has 92 valence electrons. The zero-order valence-electron chi connectivity index (χ0n) is 9.48. The maximum absolute atomic E-state index is 11.7. The highest BCUT2D eigenvalue weighted by molar-refractivity contribution is 7.91. The summed E-state index contributed by atoms with van der Waals surface area (Å²) in [6.07, 6.45) is 0.684. The van der Waals surface area contributed by atoms with E-state index in [0.29, 0.717) is 17.9 Å². The van der Waals surface area contributed by atoms with Crippen LogP contribution in [0.3, 0.4) is 0 Å². The second-order valence-corrected chi connectivity index (χ2v) is 6.58. The normalized spacial score (nSPS) is 26.7. The lowest BCUT2D eigenvalue weighted by Gasteiger charge is -2.24. The van der Waals surface area contributed by atoms with Crippen molar-refractivity contribution in [1.82, 2.24) is 5.32 Å². The summed E-state index contributed by atoms with van der Waals surface area (Å²) in [6.45, 7) is 2.39. The highest BCUT2D eigenvalue weighted by Gasteiger charge is 2.27. The molecular weight excluding hydrogens is 238 g/mol. The molecule has 1 aromatic carbocycles. The Morgan fingerprint density at radius 2 is 2.24 bits per heavy atom. The first-order valence-electron chi connectivity index (χ1n) is 5.85. The predicted octanol–water partition coefficient (Wildman–Crippen LogP) is 0.677. The molecule has 0 aromatic heterocycles. The highest BCUT2D eigenvalue weighted by atomic mass is 32.2. The van der Waals surface area contributed by atoms with E-state index in [9.17, 15) is 8.42 Å². The van der Waals surface area contributed by atoms with Gasteiger partial charge in [-0.3, -0.25) is 0 Å². The summed E-state index contributed by atoms with van der Waals surface area (Å²) in [7, 11) is -3.01. The van der Waals surface area contributed by atoms with Crippen molar-refractivity contribution in [1.29, 1.82) is 0 Å². The lowest BCUT2D eigenvalue weighted by Crippen LogP contribution is -2.33. The van der Waals surface area contributed by atoms with Crippen LogP contribution in [0.15, 0.2) is 23.1 Å². The lowest BCUT2D eigenvalue weighted by molar-refractivity contribution is 0.0276. The van der Waals surface area contributed by atoms with Gasteiger partial charge in [-0.1, -0.05) is 12.1 Å². The highest BCUT2D eigenvalue weighted by Crippen LogP contribution is 2.29. The average Bonchev–Trinajstić information content (AvgIpc) is 2.66. The average molecular weight is 253 g/mol. The van der Waals surface area contributed by atoms with Crippen LogP contribution < -0.4 is 5.32 Å². The summed E-state index contributed by atoms with van der Waals surface area (Å²) >= 11 is 0. The van der Waals surface area contributed by atoms with Crippen molar-refractivity contribution in [2.45, 2.75) is 17.4 Å². The maximum atomic E-state index is 11.7. The SMILES string of the molecule is O=S1(=O)CCc2cc(C3CNCCO3)ccc21. The van der Waals surface area contributed by atoms with Crippen LogP contribution in [0.1, 0.15) is 17.2 Å². The van der Waals surface area contributed by atoms with Gasteiger partial charge >= 0.3 is 0 Å². The summed E-state index contributed by atoms with van der Waals surface area (Å²) in [5, 5.41) is 3.27. The van der Waals surface area contributed by atoms with Gasteiger partial charge in [0.1, 0.15) is 0 Å². The molecular formula is C12H15NO3S. The van der Waals surface area contributed by atoms with Gasteiger partial charge in [0, 0.05) is 13.1 Å². The minimum Gasteiger partial charge on any atom is -0.371 e. The fourth-order valence-corrected chi connectivity index (χ4v) is 3.98. The van der Waals surface area contributed by atoms with E-state index < -0.39 is 9.84 Å². The Hall–Kier alpha value is -0.910. The molecule has 5 heteroatoms. The second kappa shape index (κ2) is 4.08. The molecule has 0 saturated carbocycles. The summed E-state index contributed by atoms with van der Waals surface area (Å²) < 4.78 is 29.1. The van der Waals surface area contributed by atoms with Gasteiger partial charge in [-0.25, -0.2) is 8.42 Å². The molecule has 1 N–H and O–H groups in total. The Bertz CT molecular complexity index is 533. The smallest absolute Gasteiger partial charge is 0.178 e. The third-order valence-electron chi connectivity index (χ3n) is 3.36. The quantitative estimate of drug-likeness (QED) is 0.799. The van der Waals surface area contributed by atoms with Crippen LogP contribution >= 0.6 is 0 Å². The zero-order valence-corrected chi connectivity index (χ0v) is 10.3. The molecule has 1 fully saturated rings. The van der Waals surface area contributed by atoms with Crippen LogP contribution in [-0.4, -0.2) is 33.9 Å². The third-order valence-corrected chi connectivity index (χ3v) is 5.17. The van der Waals surface area contributed by atoms with Gasteiger partial charge in [0.2, 0.25) is 0 Å². The first kappa shape index (κ1) is 11.2. The van der Waals surface area contributed by atoms with Crippen molar-refractivity contribution in [3.05, 3.63) is 29.3 Å². The molecule has 0 aliphatic carbocycles. The molecule has 17 heavy (non-hydrogen) atoms. The van der Waals surface area contributed by atoms with Gasteiger partial charge in [-0.2, -0.15) is 0 Å². The number of hydrogen-bond donors (Lipinski definition) is 1. The zero-order chi connectivity index (χ0) is 11.9. The van der Waals surface area contributed by atoms with E-state index in [0.717, 1.165) is 24.2 Å². The van der Waals surface area contributed by atoms with Crippen molar-refractivity contribution in [2.24, 2.45) is 0 Å². The Balaban J connectivity index is 1.94. The monoisotopic (exact) mass is 253 g/mol. The number of aryl methyl sites for hydroxylation is 1. The fourth-order valence-electron chi connectivity index (χ4n) is 2.43. The molecule has 1 atom stereocenters. The number of sulfone groups is 1. The Morgan fingerprint density at radius 3 is 3.00 bits per heavy atom. The molecule has 2 aliphatic rings. The molecule has 0 radical (unpaired) electrons. The molecule has 0 bridgehead atoms. The van der Waals surface area contributed by atoms with E-state index in [1.807, 2.05) is 12.1 Å². The predicted molar refractivity (Wildman–Crippen MR) is 63.8 cm³/mol. The van der Waals surface area contributed by atoms with Crippen LogP contribution in [0, 0.1) is 0 Å². The van der Waals surface area contributed by atoms with E-state index in [-0.39, 0.29) is 11.9 Å². The van der Waals surface area contributed by atoms with E-state index in [1.54, 1.807) is 6.07 Å². The van der Waals surface area contributed by atoms with E-state index in [4.69, 9.17) is 4.74 Å². The number of fused-ring (bicyclic) bond motifs is 1. The van der Waals surface area contributed by atoms with E-state index in [1.165, 1.54) is 0 Å². The molecule has 3 rings (SSSR count). The number of rotatable bonds is 1. The third kappa shape index (κ3) is 1.99. The van der Waals surface area contributed by atoms with E-state index in [2.05, 4.69) is 5.32 Å². The van der Waals surface area contributed by atoms with Crippen molar-refractivity contribution < 1.29 is 13.2 Å². The minimum atomic E-state index is -3.01. The number of morpholine rings is 1. The molecule has 2 aliphatic heterocycles. The molecule has 4 nitrogen and oxygen atoms in total. The Kier molecular flexibility index (Phi) is 2.69. The standard InChI is InChI=1S/C12H15NO3S/c14-17(15)6-3-10-7-9(1-2-12(10)17)11-8-13-4-5-16-11/h1-2,7,11,13H,3-6,8H2. The van der Waals surface area contributed by atoms with Gasteiger partial charge in [-0.15, -0.1) is 0 Å².